The van der Waals surface area contributed by atoms with Crippen molar-refractivity contribution in [2.75, 3.05) is 9.80 Å². The molecule has 0 aliphatic rings. The summed E-state index contributed by atoms with van der Waals surface area (Å²) < 4.78 is 0. The molecule has 76 heavy (non-hydrogen) atoms. The molecule has 0 aromatic heterocycles. The summed E-state index contributed by atoms with van der Waals surface area (Å²) in [7, 11) is 0. The SMILES string of the molecule is C=CC=C.CC(C)c1cc2c(N(c3ccc(-c4ccccc4)cc3)c3ccc(-c4ccccc4)cc3)ccc3c(C(C)C)cc4c(N(c5ccc(-c6ccccc6)cc5)c5ccc(-c6ccccc6)cc5)ccc1c4c32. The lowest BCUT2D eigenvalue weighted by molar-refractivity contribution is 0.876. The van der Waals surface area contributed by atoms with Crippen LogP contribution in [0.25, 0.3) is 76.8 Å². The predicted molar refractivity (Wildman–Crippen MR) is 330 cm³/mol. The molecule has 0 spiro atoms. The van der Waals surface area contributed by atoms with Crippen LogP contribution in [0.1, 0.15) is 50.7 Å². The lowest BCUT2D eigenvalue weighted by atomic mass is 9.83. The molecule has 0 fully saturated rings. The highest BCUT2D eigenvalue weighted by Gasteiger charge is 2.26. The van der Waals surface area contributed by atoms with Gasteiger partial charge in [-0.25, -0.2) is 0 Å². The van der Waals surface area contributed by atoms with Gasteiger partial charge in [0.1, 0.15) is 0 Å². The first-order chi connectivity index (χ1) is 37.3. The Labute approximate surface area is 449 Å². The van der Waals surface area contributed by atoms with Crippen molar-refractivity contribution in [1.29, 1.82) is 0 Å². The molecule has 0 amide bonds. The van der Waals surface area contributed by atoms with Gasteiger partial charge in [0.05, 0.1) is 11.4 Å². The molecule has 0 aliphatic carbocycles. The number of benzene rings is 12. The zero-order valence-corrected chi connectivity index (χ0v) is 43.9. The first-order valence-corrected chi connectivity index (χ1v) is 26.5. The van der Waals surface area contributed by atoms with Crippen molar-refractivity contribution in [2.45, 2.75) is 39.5 Å². The van der Waals surface area contributed by atoms with E-state index < -0.39 is 0 Å². The van der Waals surface area contributed by atoms with E-state index in [2.05, 4.69) is 305 Å². The minimum absolute atomic E-state index is 0.274. The molecule has 12 aromatic carbocycles. The fourth-order valence-electron chi connectivity index (χ4n) is 10.9. The van der Waals surface area contributed by atoms with Crippen molar-refractivity contribution < 1.29 is 0 Å². The highest BCUT2D eigenvalue weighted by Crippen LogP contribution is 2.51. The summed E-state index contributed by atoms with van der Waals surface area (Å²) in [6, 6.07) is 93.7. The van der Waals surface area contributed by atoms with Crippen molar-refractivity contribution in [2.24, 2.45) is 0 Å². The third-order valence-electron chi connectivity index (χ3n) is 14.7. The molecule has 12 aromatic rings. The number of hydrogen-bond acceptors (Lipinski definition) is 2. The summed E-state index contributed by atoms with van der Waals surface area (Å²) in [5, 5.41) is 7.72. The maximum atomic E-state index is 3.36. The second-order valence-electron chi connectivity index (χ2n) is 20.1. The Hall–Kier alpha value is -9.24. The van der Waals surface area contributed by atoms with Gasteiger partial charge in [0.25, 0.3) is 0 Å². The summed E-state index contributed by atoms with van der Waals surface area (Å²) in [4.78, 5) is 4.95. The summed E-state index contributed by atoms with van der Waals surface area (Å²) in [5.41, 5.74) is 19.0. The van der Waals surface area contributed by atoms with Crippen molar-refractivity contribution in [3.63, 3.8) is 0 Å². The lowest BCUT2D eigenvalue weighted by Crippen LogP contribution is -2.12. The largest absolute Gasteiger partial charge is 0.310 e. The fourth-order valence-corrected chi connectivity index (χ4v) is 10.9. The van der Waals surface area contributed by atoms with Crippen molar-refractivity contribution in [3.05, 3.63) is 291 Å². The van der Waals surface area contributed by atoms with Gasteiger partial charge in [-0.15, -0.1) is 0 Å². The highest BCUT2D eigenvalue weighted by atomic mass is 15.1. The average Bonchev–Trinajstić information content (AvgIpc) is 3.67. The van der Waals surface area contributed by atoms with Gasteiger partial charge < -0.3 is 9.80 Å². The van der Waals surface area contributed by atoms with E-state index in [9.17, 15) is 0 Å². The van der Waals surface area contributed by atoms with E-state index in [0.717, 1.165) is 34.1 Å². The standard InChI is InChI=1S/C70H56N2.C4H6/c1-47(2)63-45-65-67(71(57-33-25-53(26-34-57)49-17-9-5-10-18-49)58-35-27-54(28-36-58)50-19-11-6-12-20-50)44-42-62-64(48(3)4)46-66-68(43-41-61(63)69(66)70(62)65)72(59-37-29-55(30-38-59)51-21-13-7-14-22-51)60-39-31-56(32-40-60)52-23-15-8-16-24-52;1-3-4-2/h5-48H,1-4H3;3-4H,1-2H2. The molecule has 0 saturated heterocycles. The number of rotatable bonds is 13. The number of allylic oxidation sites excluding steroid dienone is 2. The minimum Gasteiger partial charge on any atom is -0.310 e. The molecule has 12 rings (SSSR count). The zero-order valence-electron chi connectivity index (χ0n) is 43.9. The van der Waals surface area contributed by atoms with E-state index in [1.165, 1.54) is 88.0 Å². The molecule has 0 N–H and O–H groups in total. The molecule has 368 valence electrons. The van der Waals surface area contributed by atoms with Crippen LogP contribution in [0.2, 0.25) is 0 Å². The van der Waals surface area contributed by atoms with E-state index >= 15 is 0 Å². The van der Waals surface area contributed by atoms with Crippen LogP contribution in [0.4, 0.5) is 34.1 Å². The first-order valence-electron chi connectivity index (χ1n) is 26.5. The Kier molecular flexibility index (Phi) is 14.0. The van der Waals surface area contributed by atoms with E-state index in [-0.39, 0.29) is 11.8 Å². The maximum absolute atomic E-state index is 3.36. The van der Waals surface area contributed by atoms with Crippen LogP contribution in [0, 0.1) is 0 Å². The third kappa shape index (κ3) is 9.58. The van der Waals surface area contributed by atoms with Crippen LogP contribution < -0.4 is 9.80 Å². The molecular formula is C74H62N2. The molecule has 2 nitrogen and oxygen atoms in total. The molecule has 0 heterocycles. The van der Waals surface area contributed by atoms with Gasteiger partial charge >= 0.3 is 0 Å². The quantitative estimate of drug-likeness (QED) is 0.0839. The Morgan fingerprint density at radius 3 is 0.737 bits per heavy atom. The van der Waals surface area contributed by atoms with Gasteiger partial charge in [-0.3, -0.25) is 0 Å². The van der Waals surface area contributed by atoms with E-state index in [4.69, 9.17) is 0 Å². The second kappa shape index (κ2) is 21.7. The number of hydrogen-bond donors (Lipinski definition) is 0. The van der Waals surface area contributed by atoms with Crippen LogP contribution in [0.5, 0.6) is 0 Å². The average molecular weight is 979 g/mol. The summed E-state index contributed by atoms with van der Waals surface area (Å²) >= 11 is 0. The first kappa shape index (κ1) is 49.0. The van der Waals surface area contributed by atoms with E-state index in [0.29, 0.717) is 0 Å². The normalized spacial score (nSPS) is 11.2. The molecule has 0 unspecified atom stereocenters. The predicted octanol–water partition coefficient (Wildman–Crippen LogP) is 21.8. The minimum atomic E-state index is 0.274. The summed E-state index contributed by atoms with van der Waals surface area (Å²) in [6.45, 7) is 16.1. The number of nitrogens with zero attached hydrogens (tertiary/aromatic N) is 2. The van der Waals surface area contributed by atoms with Gasteiger partial charge in [0.2, 0.25) is 0 Å². The molecule has 0 saturated carbocycles. The van der Waals surface area contributed by atoms with E-state index in [1.54, 1.807) is 12.2 Å². The van der Waals surface area contributed by atoms with Crippen LogP contribution in [0.15, 0.2) is 280 Å². The third-order valence-corrected chi connectivity index (χ3v) is 14.7. The van der Waals surface area contributed by atoms with Gasteiger partial charge in [0, 0.05) is 33.5 Å². The lowest BCUT2D eigenvalue weighted by Gasteiger charge is -2.31. The van der Waals surface area contributed by atoms with Crippen molar-refractivity contribution in [3.8, 4) is 44.5 Å². The van der Waals surface area contributed by atoms with Gasteiger partial charge in [-0.2, -0.15) is 0 Å². The van der Waals surface area contributed by atoms with Gasteiger partial charge in [-0.05, 0) is 162 Å². The highest BCUT2D eigenvalue weighted by molar-refractivity contribution is 6.29. The van der Waals surface area contributed by atoms with Gasteiger partial charge in [-0.1, -0.05) is 235 Å². The Morgan fingerprint density at radius 2 is 0.513 bits per heavy atom. The molecule has 2 heteroatoms. The monoisotopic (exact) mass is 978 g/mol. The van der Waals surface area contributed by atoms with Crippen molar-refractivity contribution in [1.82, 2.24) is 0 Å². The molecule has 0 bridgehead atoms. The smallest absolute Gasteiger partial charge is 0.0540 e. The Morgan fingerprint density at radius 1 is 0.276 bits per heavy atom. The zero-order chi connectivity index (χ0) is 52.1. The number of anilines is 6. The topological polar surface area (TPSA) is 6.48 Å². The summed E-state index contributed by atoms with van der Waals surface area (Å²) in [6.07, 6.45) is 3.28. The summed E-state index contributed by atoms with van der Waals surface area (Å²) in [5.74, 6) is 0.548. The van der Waals surface area contributed by atoms with Gasteiger partial charge in [0.15, 0.2) is 0 Å². The van der Waals surface area contributed by atoms with E-state index in [1.807, 2.05) is 0 Å². The van der Waals surface area contributed by atoms with Crippen LogP contribution >= 0.6 is 0 Å². The maximum Gasteiger partial charge on any atom is 0.0540 e. The molecule has 0 aliphatic heterocycles. The Bertz CT molecular complexity index is 3470. The van der Waals surface area contributed by atoms with Crippen LogP contribution in [0.3, 0.4) is 0 Å². The molecular weight excluding hydrogens is 917 g/mol. The fraction of sp³-hybridized carbons (Fsp3) is 0.0811. The second-order valence-corrected chi connectivity index (χ2v) is 20.1. The molecule has 0 atom stereocenters. The van der Waals surface area contributed by atoms with Crippen LogP contribution in [-0.4, -0.2) is 0 Å². The van der Waals surface area contributed by atoms with Crippen molar-refractivity contribution >= 4 is 66.4 Å². The Balaban J connectivity index is 0.00000149. The molecule has 0 radical (unpaired) electrons. The van der Waals surface area contributed by atoms with Crippen LogP contribution in [-0.2, 0) is 0 Å².